The molecule has 1 heterocycles. The zero-order valence-electron chi connectivity index (χ0n) is 12.0. The molecule has 1 aromatic carbocycles. The average Bonchev–Trinajstić information content (AvgIpc) is 2.40. The summed E-state index contributed by atoms with van der Waals surface area (Å²) in [6.07, 6.45) is 0. The topological polar surface area (TPSA) is 37.8 Å². The third-order valence-corrected chi connectivity index (χ3v) is 3.43. The van der Waals surface area contributed by atoms with Gasteiger partial charge in [0, 0.05) is 23.9 Å². The Hall–Kier alpha value is -1.68. The van der Waals surface area contributed by atoms with Crippen molar-refractivity contribution >= 4 is 17.4 Å². The van der Waals surface area contributed by atoms with Gasteiger partial charge in [0.15, 0.2) is 5.82 Å². The molecule has 0 spiro atoms. The van der Waals surface area contributed by atoms with E-state index in [9.17, 15) is 4.39 Å². The van der Waals surface area contributed by atoms with Crippen molar-refractivity contribution in [3.8, 4) is 11.4 Å². The summed E-state index contributed by atoms with van der Waals surface area (Å²) in [5.41, 5.74) is 2.58. The lowest BCUT2D eigenvalue weighted by Crippen LogP contribution is -2.07. The Bertz CT molecular complexity index is 641. The second-order valence-corrected chi connectivity index (χ2v) is 5.34. The smallest absolute Gasteiger partial charge is 0.161 e. The van der Waals surface area contributed by atoms with Gasteiger partial charge in [-0.15, -0.1) is 0 Å². The fraction of sp³-hybridized carbons (Fsp3) is 0.333. The summed E-state index contributed by atoms with van der Waals surface area (Å²) in [5.74, 6) is 1.11. The van der Waals surface area contributed by atoms with Crippen molar-refractivity contribution in [1.29, 1.82) is 0 Å². The molecule has 0 fully saturated rings. The Kier molecular flexibility index (Phi) is 4.23. The van der Waals surface area contributed by atoms with Crippen LogP contribution < -0.4 is 5.32 Å². The summed E-state index contributed by atoms with van der Waals surface area (Å²) >= 11 is 5.70. The number of nitrogens with zero attached hydrogens (tertiary/aromatic N) is 2. The van der Waals surface area contributed by atoms with Gasteiger partial charge in [-0.1, -0.05) is 25.4 Å². The van der Waals surface area contributed by atoms with Gasteiger partial charge in [-0.25, -0.2) is 14.4 Å². The van der Waals surface area contributed by atoms with Gasteiger partial charge in [0.05, 0.1) is 5.02 Å². The number of anilines is 1. The summed E-state index contributed by atoms with van der Waals surface area (Å²) in [4.78, 5) is 8.97. The van der Waals surface area contributed by atoms with Crippen LogP contribution in [0.15, 0.2) is 18.2 Å². The second-order valence-electron chi connectivity index (χ2n) is 4.93. The van der Waals surface area contributed by atoms with Crippen molar-refractivity contribution in [2.45, 2.75) is 26.7 Å². The molecule has 0 bridgehead atoms. The minimum Gasteiger partial charge on any atom is -0.373 e. The average molecular weight is 294 g/mol. The van der Waals surface area contributed by atoms with Crippen molar-refractivity contribution in [3.63, 3.8) is 0 Å². The molecule has 3 nitrogen and oxygen atoms in total. The highest BCUT2D eigenvalue weighted by atomic mass is 35.5. The number of aromatic nitrogens is 2. The lowest BCUT2D eigenvalue weighted by atomic mass is 10.0. The molecule has 0 amide bonds. The number of hydrogen-bond donors (Lipinski definition) is 1. The van der Waals surface area contributed by atoms with E-state index in [-0.39, 0.29) is 5.02 Å². The van der Waals surface area contributed by atoms with Gasteiger partial charge in [0.2, 0.25) is 0 Å². The molecule has 0 aliphatic carbocycles. The quantitative estimate of drug-likeness (QED) is 0.911. The van der Waals surface area contributed by atoms with Crippen molar-refractivity contribution in [2.75, 3.05) is 12.4 Å². The van der Waals surface area contributed by atoms with Crippen molar-refractivity contribution in [2.24, 2.45) is 0 Å². The van der Waals surface area contributed by atoms with Crippen molar-refractivity contribution in [3.05, 3.63) is 40.3 Å². The highest BCUT2D eigenvalue weighted by Crippen LogP contribution is 2.29. The van der Waals surface area contributed by atoms with Gasteiger partial charge < -0.3 is 5.32 Å². The van der Waals surface area contributed by atoms with E-state index in [1.54, 1.807) is 6.07 Å². The predicted molar refractivity (Wildman–Crippen MR) is 80.8 cm³/mol. The van der Waals surface area contributed by atoms with Crippen LogP contribution in [-0.4, -0.2) is 17.0 Å². The zero-order valence-corrected chi connectivity index (χ0v) is 12.7. The molecule has 0 saturated heterocycles. The van der Waals surface area contributed by atoms with Crippen molar-refractivity contribution < 1.29 is 4.39 Å². The van der Waals surface area contributed by atoms with E-state index in [1.165, 1.54) is 12.1 Å². The molecule has 2 aromatic rings. The van der Waals surface area contributed by atoms with Crippen molar-refractivity contribution in [1.82, 2.24) is 9.97 Å². The highest BCUT2D eigenvalue weighted by molar-refractivity contribution is 6.30. The van der Waals surface area contributed by atoms with E-state index in [0.29, 0.717) is 17.3 Å². The van der Waals surface area contributed by atoms with Gasteiger partial charge in [-0.2, -0.15) is 0 Å². The largest absolute Gasteiger partial charge is 0.373 e. The number of halogens is 2. The monoisotopic (exact) mass is 293 g/mol. The number of nitrogens with one attached hydrogen (secondary N) is 1. The summed E-state index contributed by atoms with van der Waals surface area (Å²) in [6.45, 7) is 6.12. The minimum atomic E-state index is -0.468. The zero-order chi connectivity index (χ0) is 14.9. The van der Waals surface area contributed by atoms with Crippen LogP contribution in [0.5, 0.6) is 0 Å². The molecule has 0 unspecified atom stereocenters. The maximum atomic E-state index is 13.6. The maximum Gasteiger partial charge on any atom is 0.161 e. The molecule has 5 heteroatoms. The van der Waals surface area contributed by atoms with Crippen LogP contribution in [-0.2, 0) is 0 Å². The van der Waals surface area contributed by atoms with E-state index in [1.807, 2.05) is 14.0 Å². The molecule has 0 saturated carbocycles. The molecule has 0 aliphatic rings. The molecule has 1 N–H and O–H groups in total. The van der Waals surface area contributed by atoms with Crippen LogP contribution >= 0.6 is 11.6 Å². The Morgan fingerprint density at radius 1 is 1.25 bits per heavy atom. The molecule has 2 rings (SSSR count). The lowest BCUT2D eigenvalue weighted by molar-refractivity contribution is 0.628. The van der Waals surface area contributed by atoms with E-state index < -0.39 is 5.82 Å². The Morgan fingerprint density at radius 2 is 1.95 bits per heavy atom. The molecule has 0 atom stereocenters. The van der Waals surface area contributed by atoms with Crippen LogP contribution in [0, 0.1) is 12.7 Å². The third kappa shape index (κ3) is 2.75. The first kappa shape index (κ1) is 14.7. The molecule has 1 aromatic heterocycles. The summed E-state index contributed by atoms with van der Waals surface area (Å²) in [7, 11) is 1.82. The first-order valence-electron chi connectivity index (χ1n) is 6.45. The molecule has 0 radical (unpaired) electrons. The van der Waals surface area contributed by atoms with Gasteiger partial charge >= 0.3 is 0 Å². The molecule has 0 aliphatic heterocycles. The number of rotatable bonds is 3. The first-order valence-corrected chi connectivity index (χ1v) is 6.83. The summed E-state index contributed by atoms with van der Waals surface area (Å²) in [5, 5.41) is 3.18. The van der Waals surface area contributed by atoms with Gasteiger partial charge in [0.25, 0.3) is 0 Å². The van der Waals surface area contributed by atoms with Gasteiger partial charge in [-0.05, 0) is 31.0 Å². The van der Waals surface area contributed by atoms with E-state index in [0.717, 1.165) is 17.1 Å². The molecular formula is C15H17ClFN3. The molecule has 20 heavy (non-hydrogen) atoms. The Labute approximate surface area is 123 Å². The normalized spacial score (nSPS) is 10.9. The third-order valence-electron chi connectivity index (χ3n) is 3.13. The minimum absolute atomic E-state index is 0.0955. The van der Waals surface area contributed by atoms with Gasteiger partial charge in [0.1, 0.15) is 11.6 Å². The first-order chi connectivity index (χ1) is 9.43. The summed E-state index contributed by atoms with van der Waals surface area (Å²) in [6, 6.07) is 4.58. The predicted octanol–water partition coefficient (Wildman–Crippen LogP) is 4.41. The van der Waals surface area contributed by atoms with E-state index in [4.69, 9.17) is 11.6 Å². The van der Waals surface area contributed by atoms with E-state index in [2.05, 4.69) is 29.1 Å². The molecule has 106 valence electrons. The van der Waals surface area contributed by atoms with Crippen LogP contribution in [0.1, 0.15) is 31.0 Å². The fourth-order valence-corrected chi connectivity index (χ4v) is 2.35. The van der Waals surface area contributed by atoms with Crippen LogP contribution in [0.2, 0.25) is 5.02 Å². The Morgan fingerprint density at radius 3 is 2.50 bits per heavy atom. The number of aryl methyl sites for hydroxylation is 1. The standard InChI is InChI=1S/C15H17ClFN3/c1-8(2)13-9(3)19-14(20-15(13)18-4)10-5-6-11(16)12(17)7-10/h5-8H,1-4H3,(H,18,19,20). The maximum absolute atomic E-state index is 13.6. The summed E-state index contributed by atoms with van der Waals surface area (Å²) < 4.78 is 13.6. The fourth-order valence-electron chi connectivity index (χ4n) is 2.23. The molecular weight excluding hydrogens is 277 g/mol. The Balaban J connectivity index is 2.58. The number of hydrogen-bond acceptors (Lipinski definition) is 3. The second kappa shape index (κ2) is 5.75. The van der Waals surface area contributed by atoms with Crippen LogP contribution in [0.25, 0.3) is 11.4 Å². The van der Waals surface area contributed by atoms with E-state index >= 15 is 0 Å². The highest BCUT2D eigenvalue weighted by Gasteiger charge is 2.15. The SMILES string of the molecule is CNc1nc(-c2ccc(Cl)c(F)c2)nc(C)c1C(C)C. The lowest BCUT2D eigenvalue weighted by Gasteiger charge is -2.15. The van der Waals surface area contributed by atoms with Gasteiger partial charge in [-0.3, -0.25) is 0 Å². The van der Waals surface area contributed by atoms with Crippen LogP contribution in [0.3, 0.4) is 0 Å². The number of benzene rings is 1. The van der Waals surface area contributed by atoms with Crippen LogP contribution in [0.4, 0.5) is 10.2 Å².